The molecule has 3 aromatic rings. The topological polar surface area (TPSA) is 80.9 Å². The summed E-state index contributed by atoms with van der Waals surface area (Å²) in [6.45, 7) is 1.52. The van der Waals surface area contributed by atoms with Crippen molar-refractivity contribution in [3.63, 3.8) is 0 Å². The summed E-state index contributed by atoms with van der Waals surface area (Å²) in [5, 5.41) is 13.5. The molecule has 1 aromatic heterocycles. The van der Waals surface area contributed by atoms with E-state index in [4.69, 9.17) is 14.0 Å². The number of benzene rings is 2. The smallest absolute Gasteiger partial charge is 0.231 e. The molecule has 1 heterocycles. The van der Waals surface area contributed by atoms with Gasteiger partial charge in [-0.1, -0.05) is 35.5 Å². The minimum Gasteiger partial charge on any atom is -0.497 e. The summed E-state index contributed by atoms with van der Waals surface area (Å²) in [7, 11) is 3.27. The van der Waals surface area contributed by atoms with Gasteiger partial charge in [0.25, 0.3) is 0 Å². The third kappa shape index (κ3) is 5.31. The molecule has 0 saturated heterocycles. The predicted octanol–water partition coefficient (Wildman–Crippen LogP) is 2.67. The van der Waals surface area contributed by atoms with Gasteiger partial charge in [0.05, 0.1) is 33.8 Å². The summed E-state index contributed by atoms with van der Waals surface area (Å²) in [5.74, 6) is 2.68. The Labute approximate surface area is 164 Å². The molecule has 7 nitrogen and oxygen atoms in total. The fourth-order valence-corrected chi connectivity index (χ4v) is 3.00. The number of hydrogen-bond donors (Lipinski definition) is 1. The number of aliphatic hydroxyl groups excluding tert-OH is 1. The van der Waals surface area contributed by atoms with E-state index in [0.717, 1.165) is 22.6 Å². The molecule has 0 bridgehead atoms. The van der Waals surface area contributed by atoms with E-state index in [1.807, 2.05) is 53.4 Å². The van der Waals surface area contributed by atoms with Gasteiger partial charge in [-0.25, -0.2) is 0 Å². The van der Waals surface area contributed by atoms with Gasteiger partial charge in [0.1, 0.15) is 11.5 Å². The van der Waals surface area contributed by atoms with E-state index in [9.17, 15) is 5.11 Å². The highest BCUT2D eigenvalue weighted by Gasteiger charge is 2.15. The molecule has 7 heteroatoms. The minimum absolute atomic E-state index is 0.0288. The number of aromatic nitrogens is 2. The lowest BCUT2D eigenvalue weighted by Gasteiger charge is -2.21. The zero-order valence-corrected chi connectivity index (χ0v) is 16.2. The van der Waals surface area contributed by atoms with Gasteiger partial charge in [-0.05, 0) is 23.8 Å². The predicted molar refractivity (Wildman–Crippen MR) is 104 cm³/mol. The summed E-state index contributed by atoms with van der Waals surface area (Å²) >= 11 is 0. The molecule has 28 heavy (non-hydrogen) atoms. The monoisotopic (exact) mass is 383 g/mol. The molecule has 0 saturated carbocycles. The molecular formula is C21H25N3O4. The highest BCUT2D eigenvalue weighted by atomic mass is 16.5. The van der Waals surface area contributed by atoms with Gasteiger partial charge in [-0.2, -0.15) is 4.98 Å². The first-order valence-electron chi connectivity index (χ1n) is 9.11. The minimum atomic E-state index is 0.0288. The van der Waals surface area contributed by atoms with Gasteiger partial charge in [-0.15, -0.1) is 0 Å². The van der Waals surface area contributed by atoms with Crippen LogP contribution in [0.25, 0.3) is 0 Å². The Kier molecular flexibility index (Phi) is 7.00. The van der Waals surface area contributed by atoms with Crippen molar-refractivity contribution in [3.8, 4) is 11.5 Å². The normalized spacial score (nSPS) is 11.0. The van der Waals surface area contributed by atoms with Gasteiger partial charge in [0, 0.05) is 18.7 Å². The van der Waals surface area contributed by atoms with Crippen LogP contribution in [0.3, 0.4) is 0 Å². The maximum absolute atomic E-state index is 9.46. The standard InChI is InChI=1S/C21H25N3O4/c1-26-18-8-9-19(27-2)17(13-18)14-24(10-11-25)15-20-22-21(28-23-20)12-16-6-4-3-5-7-16/h3-9,13,25H,10-12,14-15H2,1-2H3. The number of methoxy groups -OCH3 is 2. The maximum atomic E-state index is 9.46. The number of hydrogen-bond acceptors (Lipinski definition) is 7. The van der Waals surface area contributed by atoms with Crippen molar-refractivity contribution in [3.05, 3.63) is 71.4 Å². The third-order valence-electron chi connectivity index (χ3n) is 4.37. The van der Waals surface area contributed by atoms with Crippen LogP contribution in [-0.4, -0.2) is 47.5 Å². The lowest BCUT2D eigenvalue weighted by atomic mass is 10.1. The van der Waals surface area contributed by atoms with Crippen LogP contribution in [0.1, 0.15) is 22.8 Å². The van der Waals surface area contributed by atoms with Crippen LogP contribution in [0.4, 0.5) is 0 Å². The van der Waals surface area contributed by atoms with Crippen LogP contribution in [0.2, 0.25) is 0 Å². The Morgan fingerprint density at radius 2 is 1.86 bits per heavy atom. The molecule has 0 unspecified atom stereocenters. The molecule has 0 fully saturated rings. The first-order valence-corrected chi connectivity index (χ1v) is 9.11. The molecular weight excluding hydrogens is 358 g/mol. The number of nitrogens with zero attached hydrogens (tertiary/aromatic N) is 3. The molecule has 2 aromatic carbocycles. The average molecular weight is 383 g/mol. The first-order chi connectivity index (χ1) is 13.7. The van der Waals surface area contributed by atoms with E-state index in [-0.39, 0.29) is 6.61 Å². The van der Waals surface area contributed by atoms with E-state index in [1.165, 1.54) is 0 Å². The Hall–Kier alpha value is -2.90. The highest BCUT2D eigenvalue weighted by Crippen LogP contribution is 2.25. The summed E-state index contributed by atoms with van der Waals surface area (Å²) < 4.78 is 16.1. The number of ether oxygens (including phenoxy) is 2. The Balaban J connectivity index is 1.70. The van der Waals surface area contributed by atoms with Gasteiger partial charge in [0.15, 0.2) is 5.82 Å². The Morgan fingerprint density at radius 3 is 2.57 bits per heavy atom. The van der Waals surface area contributed by atoms with E-state index in [0.29, 0.717) is 37.8 Å². The molecule has 0 amide bonds. The molecule has 0 atom stereocenters. The molecule has 148 valence electrons. The van der Waals surface area contributed by atoms with Crippen LogP contribution in [0, 0.1) is 0 Å². The van der Waals surface area contributed by atoms with E-state index >= 15 is 0 Å². The molecule has 1 N–H and O–H groups in total. The summed E-state index contributed by atoms with van der Waals surface area (Å²) in [5.41, 5.74) is 2.08. The van der Waals surface area contributed by atoms with Crippen molar-refractivity contribution < 1.29 is 19.1 Å². The van der Waals surface area contributed by atoms with Crippen LogP contribution >= 0.6 is 0 Å². The maximum Gasteiger partial charge on any atom is 0.231 e. The molecule has 0 aliphatic rings. The van der Waals surface area contributed by atoms with Gasteiger partial charge in [0.2, 0.25) is 5.89 Å². The molecule has 0 aliphatic carbocycles. The summed E-state index contributed by atoms with van der Waals surface area (Å²) in [6.07, 6.45) is 0.595. The van der Waals surface area contributed by atoms with Crippen LogP contribution < -0.4 is 9.47 Å². The zero-order chi connectivity index (χ0) is 19.8. The van der Waals surface area contributed by atoms with Gasteiger partial charge < -0.3 is 19.1 Å². The molecule has 0 radical (unpaired) electrons. The van der Waals surface area contributed by atoms with Crippen molar-refractivity contribution >= 4 is 0 Å². The molecule has 3 rings (SSSR count). The third-order valence-corrected chi connectivity index (χ3v) is 4.37. The van der Waals surface area contributed by atoms with Crippen LogP contribution in [0.15, 0.2) is 53.1 Å². The van der Waals surface area contributed by atoms with Crippen LogP contribution in [0.5, 0.6) is 11.5 Å². The zero-order valence-electron chi connectivity index (χ0n) is 16.2. The SMILES string of the molecule is COc1ccc(OC)c(CN(CCO)Cc2noc(Cc3ccccc3)n2)c1. The lowest BCUT2D eigenvalue weighted by Crippen LogP contribution is -2.27. The molecule has 0 spiro atoms. The van der Waals surface area contributed by atoms with Crippen molar-refractivity contribution in [2.45, 2.75) is 19.5 Å². The summed E-state index contributed by atoms with van der Waals surface area (Å²) in [4.78, 5) is 6.52. The quantitative estimate of drug-likeness (QED) is 0.576. The fraction of sp³-hybridized carbons (Fsp3) is 0.333. The number of rotatable bonds is 10. The van der Waals surface area contributed by atoms with Crippen molar-refractivity contribution in [2.75, 3.05) is 27.4 Å². The van der Waals surface area contributed by atoms with Gasteiger partial charge >= 0.3 is 0 Å². The highest BCUT2D eigenvalue weighted by molar-refractivity contribution is 5.40. The van der Waals surface area contributed by atoms with Crippen molar-refractivity contribution in [2.24, 2.45) is 0 Å². The average Bonchev–Trinajstić information content (AvgIpc) is 3.15. The Bertz CT molecular complexity index is 867. The van der Waals surface area contributed by atoms with E-state index in [2.05, 4.69) is 10.1 Å². The van der Waals surface area contributed by atoms with Gasteiger partial charge in [-0.3, -0.25) is 4.90 Å². The second kappa shape index (κ2) is 9.87. The lowest BCUT2D eigenvalue weighted by molar-refractivity contribution is 0.178. The Morgan fingerprint density at radius 1 is 1.04 bits per heavy atom. The van der Waals surface area contributed by atoms with Crippen molar-refractivity contribution in [1.82, 2.24) is 15.0 Å². The second-order valence-electron chi connectivity index (χ2n) is 6.38. The van der Waals surface area contributed by atoms with Crippen molar-refractivity contribution in [1.29, 1.82) is 0 Å². The fourth-order valence-electron chi connectivity index (χ4n) is 3.00. The molecule has 0 aliphatic heterocycles. The first kappa shape index (κ1) is 19.9. The number of aliphatic hydroxyl groups is 1. The van der Waals surface area contributed by atoms with Crippen LogP contribution in [-0.2, 0) is 19.5 Å². The summed E-state index contributed by atoms with van der Waals surface area (Å²) in [6, 6.07) is 15.6. The van der Waals surface area contributed by atoms with E-state index in [1.54, 1.807) is 14.2 Å². The van der Waals surface area contributed by atoms with E-state index < -0.39 is 0 Å². The second-order valence-corrected chi connectivity index (χ2v) is 6.38. The largest absolute Gasteiger partial charge is 0.497 e.